The average Bonchev–Trinajstić information content (AvgIpc) is 2.89. The number of hydrogen-bond acceptors (Lipinski definition) is 5. The molecule has 22 heavy (non-hydrogen) atoms. The molecule has 0 aliphatic carbocycles. The first-order chi connectivity index (χ1) is 10.4. The van der Waals surface area contributed by atoms with Crippen molar-refractivity contribution >= 4 is 22.0 Å². The Kier molecular flexibility index (Phi) is 4.48. The van der Waals surface area contributed by atoms with E-state index < -0.39 is 10.2 Å². The van der Waals surface area contributed by atoms with Gasteiger partial charge in [0.05, 0.1) is 12.7 Å². The van der Waals surface area contributed by atoms with Crippen molar-refractivity contribution in [3.05, 3.63) is 30.1 Å². The average molecular weight is 343 g/mol. The number of pyridine rings is 1. The van der Waals surface area contributed by atoms with Crippen LogP contribution in [0, 0.1) is 0 Å². The third-order valence-electron chi connectivity index (χ3n) is 4.10. The minimum absolute atomic E-state index is 0.0443. The lowest BCUT2D eigenvalue weighted by Crippen LogP contribution is -2.62. The number of ether oxygens (including phenoxy) is 1. The molecule has 2 saturated heterocycles. The lowest BCUT2D eigenvalue weighted by Gasteiger charge is -2.46. The molecule has 0 aromatic carbocycles. The molecule has 2 fully saturated rings. The molecule has 0 radical (unpaired) electrons. The highest BCUT2D eigenvalue weighted by Crippen LogP contribution is 2.47. The van der Waals surface area contributed by atoms with E-state index in [4.69, 9.17) is 4.74 Å². The molecule has 0 saturated carbocycles. The van der Waals surface area contributed by atoms with Crippen molar-refractivity contribution < 1.29 is 13.2 Å². The van der Waals surface area contributed by atoms with Crippen molar-refractivity contribution in [3.63, 3.8) is 0 Å². The maximum Gasteiger partial charge on any atom is 0.281 e. The molecule has 1 aromatic heterocycles. The van der Waals surface area contributed by atoms with Gasteiger partial charge < -0.3 is 4.74 Å². The summed E-state index contributed by atoms with van der Waals surface area (Å²) in [6, 6.07) is 3.90. The Hall–Kier alpha value is -0.670. The van der Waals surface area contributed by atoms with E-state index in [0.29, 0.717) is 19.7 Å². The first-order valence-corrected chi connectivity index (χ1v) is 9.62. The molecule has 8 heteroatoms. The molecule has 1 atom stereocenters. The Bertz CT molecular complexity index is 615. The Morgan fingerprint density at radius 3 is 2.91 bits per heavy atom. The van der Waals surface area contributed by atoms with Crippen LogP contribution in [0.4, 0.5) is 0 Å². The molecule has 0 N–H and O–H groups in total. The van der Waals surface area contributed by atoms with Gasteiger partial charge in [-0.2, -0.15) is 17.0 Å². The second-order valence-electron chi connectivity index (χ2n) is 6.05. The molecule has 3 rings (SSSR count). The lowest BCUT2D eigenvalue weighted by molar-refractivity contribution is 0.0392. The zero-order valence-electron chi connectivity index (χ0n) is 12.8. The van der Waals surface area contributed by atoms with Gasteiger partial charge in [-0.1, -0.05) is 6.07 Å². The van der Waals surface area contributed by atoms with Crippen LogP contribution in [-0.2, 0) is 21.6 Å². The predicted molar refractivity (Wildman–Crippen MR) is 86.8 cm³/mol. The van der Waals surface area contributed by atoms with Gasteiger partial charge >= 0.3 is 0 Å². The Morgan fingerprint density at radius 2 is 2.27 bits per heavy atom. The van der Waals surface area contributed by atoms with Crippen molar-refractivity contribution in [1.82, 2.24) is 13.6 Å². The highest BCUT2D eigenvalue weighted by molar-refractivity contribution is 8.01. The molecule has 6 nitrogen and oxygen atoms in total. The number of rotatable bonds is 5. The van der Waals surface area contributed by atoms with Gasteiger partial charge in [-0.15, -0.1) is 11.8 Å². The smallest absolute Gasteiger partial charge is 0.281 e. The monoisotopic (exact) mass is 343 g/mol. The van der Waals surface area contributed by atoms with Crippen LogP contribution in [0.15, 0.2) is 24.5 Å². The molecule has 1 spiro atoms. The van der Waals surface area contributed by atoms with Crippen LogP contribution < -0.4 is 0 Å². The van der Waals surface area contributed by atoms with Gasteiger partial charge in [-0.05, 0) is 18.1 Å². The van der Waals surface area contributed by atoms with E-state index in [0.717, 1.165) is 17.7 Å². The van der Waals surface area contributed by atoms with Crippen LogP contribution in [0.25, 0.3) is 0 Å². The Balaban J connectivity index is 1.50. The Morgan fingerprint density at radius 1 is 1.50 bits per heavy atom. The fraction of sp³-hybridized carbons (Fsp3) is 0.643. The molecular weight excluding hydrogens is 322 g/mol. The maximum absolute atomic E-state index is 12.0. The topological polar surface area (TPSA) is 62.7 Å². The third kappa shape index (κ3) is 3.16. The van der Waals surface area contributed by atoms with Crippen LogP contribution in [0.2, 0.25) is 0 Å². The van der Waals surface area contributed by atoms with Crippen molar-refractivity contribution in [1.29, 1.82) is 0 Å². The first kappa shape index (κ1) is 16.2. The Labute approximate surface area is 136 Å². The minimum atomic E-state index is -3.27. The summed E-state index contributed by atoms with van der Waals surface area (Å²) in [4.78, 5) is 4.08. The molecule has 3 heterocycles. The summed E-state index contributed by atoms with van der Waals surface area (Å²) in [6.07, 6.45) is 4.66. The molecule has 2 aliphatic rings. The molecule has 1 aromatic rings. The number of hydrogen-bond donors (Lipinski definition) is 0. The van der Waals surface area contributed by atoms with Gasteiger partial charge in [0.1, 0.15) is 0 Å². The number of aromatic nitrogens is 1. The summed E-state index contributed by atoms with van der Waals surface area (Å²) >= 11 is 1.84. The largest absolute Gasteiger partial charge is 0.373 e. The van der Waals surface area contributed by atoms with Gasteiger partial charge in [-0.25, -0.2) is 0 Å². The molecular formula is C14H21N3O3S2. The minimum Gasteiger partial charge on any atom is -0.373 e. The number of thioether (sulfide) groups is 1. The van der Waals surface area contributed by atoms with E-state index in [1.54, 1.807) is 24.6 Å². The van der Waals surface area contributed by atoms with E-state index in [2.05, 4.69) is 4.98 Å². The summed E-state index contributed by atoms with van der Waals surface area (Å²) in [5.74, 6) is 0.927. The zero-order chi connectivity index (χ0) is 15.8. The summed E-state index contributed by atoms with van der Waals surface area (Å²) in [6.45, 7) is 1.74. The van der Waals surface area contributed by atoms with E-state index >= 15 is 0 Å². The van der Waals surface area contributed by atoms with Crippen LogP contribution in [0.3, 0.4) is 0 Å². The van der Waals surface area contributed by atoms with Crippen molar-refractivity contribution in [2.24, 2.45) is 0 Å². The fourth-order valence-electron chi connectivity index (χ4n) is 2.82. The molecule has 2 aliphatic heterocycles. The van der Waals surface area contributed by atoms with Crippen molar-refractivity contribution in [2.45, 2.75) is 23.9 Å². The standard InChI is InChI=1S/C14H21N3O3S2/c1-16(2)22(18,19)17-10-14(11-17)6-13(9-21-14)20-8-12-4-3-5-15-7-12/h3-5,7,13H,6,8-11H2,1-2H3/t13-/m0/s1. The first-order valence-electron chi connectivity index (χ1n) is 7.23. The summed E-state index contributed by atoms with van der Waals surface area (Å²) in [7, 11) is -0.129. The molecule has 0 bridgehead atoms. The van der Waals surface area contributed by atoms with E-state index in [-0.39, 0.29) is 10.9 Å². The van der Waals surface area contributed by atoms with Crippen LogP contribution in [-0.4, -0.2) is 65.8 Å². The normalized spacial score (nSPS) is 24.8. The summed E-state index contributed by atoms with van der Waals surface area (Å²) in [5, 5.41) is 0. The SMILES string of the molecule is CN(C)S(=O)(=O)N1CC2(C[C@H](OCc3cccnc3)CS2)C1. The lowest BCUT2D eigenvalue weighted by atomic mass is 9.95. The quantitative estimate of drug-likeness (QED) is 0.797. The zero-order valence-corrected chi connectivity index (χ0v) is 14.4. The molecule has 0 unspecified atom stereocenters. The third-order valence-corrected chi connectivity index (χ3v) is 7.51. The van der Waals surface area contributed by atoms with Crippen molar-refractivity contribution in [3.8, 4) is 0 Å². The highest BCUT2D eigenvalue weighted by Gasteiger charge is 2.53. The summed E-state index contributed by atoms with van der Waals surface area (Å²) < 4.78 is 32.9. The fourth-order valence-corrected chi connectivity index (χ4v) is 5.82. The van der Waals surface area contributed by atoms with E-state index in [9.17, 15) is 8.42 Å². The van der Waals surface area contributed by atoms with Gasteiger partial charge in [0, 0.05) is 50.1 Å². The van der Waals surface area contributed by atoms with Gasteiger partial charge in [0.2, 0.25) is 0 Å². The van der Waals surface area contributed by atoms with Crippen molar-refractivity contribution in [2.75, 3.05) is 32.9 Å². The van der Waals surface area contributed by atoms with Crippen LogP contribution >= 0.6 is 11.8 Å². The maximum atomic E-state index is 12.0. The predicted octanol–water partition coefficient (Wildman–Crippen LogP) is 0.965. The van der Waals surface area contributed by atoms with Crippen LogP contribution in [0.1, 0.15) is 12.0 Å². The summed E-state index contributed by atoms with van der Waals surface area (Å²) in [5.41, 5.74) is 1.07. The molecule has 0 amide bonds. The number of nitrogens with zero attached hydrogens (tertiary/aromatic N) is 3. The van der Waals surface area contributed by atoms with E-state index in [1.807, 2.05) is 30.1 Å². The van der Waals surface area contributed by atoms with Gasteiger partial charge in [0.25, 0.3) is 10.2 Å². The molecule has 122 valence electrons. The highest BCUT2D eigenvalue weighted by atomic mass is 32.2. The second kappa shape index (κ2) is 6.09. The second-order valence-corrected chi connectivity index (χ2v) is 9.68. The van der Waals surface area contributed by atoms with E-state index in [1.165, 1.54) is 4.31 Å². The van der Waals surface area contributed by atoms with Crippen LogP contribution in [0.5, 0.6) is 0 Å². The van der Waals surface area contributed by atoms with Gasteiger partial charge in [-0.3, -0.25) is 4.98 Å². The van der Waals surface area contributed by atoms with Gasteiger partial charge in [0.15, 0.2) is 0 Å².